The van der Waals surface area contributed by atoms with Crippen LogP contribution in [-0.4, -0.2) is 24.6 Å². The molecule has 2 aromatic carbocycles. The van der Waals surface area contributed by atoms with Crippen molar-refractivity contribution in [2.75, 3.05) is 35.2 Å². The normalized spacial score (nSPS) is 11.3. The van der Waals surface area contributed by atoms with Crippen LogP contribution >= 0.6 is 21.6 Å². The number of aromatic nitrogens is 2. The van der Waals surface area contributed by atoms with Gasteiger partial charge in [-0.25, -0.2) is 9.55 Å². The zero-order valence-electron chi connectivity index (χ0n) is 20.6. The SMILES string of the molecule is C[n+]1ccc(N=Nc2ccc(NCCSSCCNc3ccc(N=Nc4cc[nH+]cc4)cc3)cc2)cc1. The van der Waals surface area contributed by atoms with Gasteiger partial charge in [-0.15, -0.1) is 0 Å². The molecule has 0 aliphatic heterocycles. The maximum absolute atomic E-state index is 4.30. The molecule has 4 rings (SSSR count). The Bertz CT molecular complexity index is 1260. The summed E-state index contributed by atoms with van der Waals surface area (Å²) in [6.45, 7) is 1.81. The number of rotatable bonds is 13. The van der Waals surface area contributed by atoms with Gasteiger partial charge in [0.1, 0.15) is 7.05 Å². The van der Waals surface area contributed by atoms with Gasteiger partial charge in [-0.2, -0.15) is 20.5 Å². The van der Waals surface area contributed by atoms with Crippen LogP contribution in [0.2, 0.25) is 0 Å². The first-order chi connectivity index (χ1) is 18.2. The standard InChI is InChI=1S/C27H28N8S2/c1-35-18-12-27(13-19-35)34-32-25-8-4-23(5-9-25)30-17-21-37-36-20-16-29-22-2-6-24(7-3-22)31-33-26-10-14-28-15-11-26/h2-15,18-19H,16-17,20-21H2,1H3,(H,28,29,33)/p+2. The number of hydrogen-bond donors (Lipinski definition) is 2. The molecule has 8 nitrogen and oxygen atoms in total. The summed E-state index contributed by atoms with van der Waals surface area (Å²) in [5.74, 6) is 2.05. The Balaban J connectivity index is 1.06. The molecule has 0 fully saturated rings. The molecule has 0 radical (unpaired) electrons. The van der Waals surface area contributed by atoms with Crippen molar-refractivity contribution in [2.24, 2.45) is 27.5 Å². The molecule has 0 unspecified atom stereocenters. The first kappa shape index (κ1) is 26.3. The highest BCUT2D eigenvalue weighted by molar-refractivity contribution is 8.76. The molecule has 0 amide bonds. The van der Waals surface area contributed by atoms with Gasteiger partial charge in [0, 0.05) is 60.2 Å². The highest BCUT2D eigenvalue weighted by atomic mass is 33.1. The van der Waals surface area contributed by atoms with Crippen molar-refractivity contribution in [3.8, 4) is 0 Å². The zero-order valence-corrected chi connectivity index (χ0v) is 22.3. The van der Waals surface area contributed by atoms with Crippen LogP contribution < -0.4 is 20.2 Å². The van der Waals surface area contributed by atoms with Crippen molar-refractivity contribution in [2.45, 2.75) is 0 Å². The molecular weight excluding hydrogens is 500 g/mol. The van der Waals surface area contributed by atoms with E-state index in [1.807, 2.05) is 131 Å². The van der Waals surface area contributed by atoms with Crippen LogP contribution in [0.1, 0.15) is 0 Å². The Morgan fingerprint density at radius 2 is 1.00 bits per heavy atom. The van der Waals surface area contributed by atoms with Crippen molar-refractivity contribution >= 4 is 55.7 Å². The highest BCUT2D eigenvalue weighted by Gasteiger charge is 1.98. The van der Waals surface area contributed by atoms with Gasteiger partial charge in [-0.05, 0) is 48.5 Å². The molecule has 0 aliphatic rings. The van der Waals surface area contributed by atoms with Gasteiger partial charge in [0.05, 0.1) is 22.7 Å². The molecule has 0 atom stereocenters. The van der Waals surface area contributed by atoms with E-state index in [0.717, 1.165) is 58.7 Å². The van der Waals surface area contributed by atoms with Gasteiger partial charge in [-0.3, -0.25) is 0 Å². The topological polar surface area (TPSA) is 91.5 Å². The van der Waals surface area contributed by atoms with E-state index in [1.165, 1.54) is 0 Å². The Labute approximate surface area is 225 Å². The summed E-state index contributed by atoms with van der Waals surface area (Å²) in [6.07, 6.45) is 7.56. The molecule has 0 bridgehead atoms. The molecule has 10 heteroatoms. The smallest absolute Gasteiger partial charge is 0.170 e. The quantitative estimate of drug-likeness (QED) is 0.0837. The van der Waals surface area contributed by atoms with Crippen LogP contribution in [0.4, 0.5) is 34.1 Å². The van der Waals surface area contributed by atoms with E-state index in [2.05, 4.69) is 36.1 Å². The molecule has 0 spiro atoms. The predicted molar refractivity (Wildman–Crippen MR) is 154 cm³/mol. The second-order valence-electron chi connectivity index (χ2n) is 7.97. The molecule has 0 aliphatic carbocycles. The number of benzene rings is 2. The number of anilines is 2. The van der Waals surface area contributed by atoms with Crippen molar-refractivity contribution in [3.63, 3.8) is 0 Å². The summed E-state index contributed by atoms with van der Waals surface area (Å²) in [4.78, 5) is 2.97. The fraction of sp³-hybridized carbons (Fsp3) is 0.185. The van der Waals surface area contributed by atoms with Crippen LogP contribution in [0.5, 0.6) is 0 Å². The van der Waals surface area contributed by atoms with E-state index in [-0.39, 0.29) is 0 Å². The predicted octanol–water partition coefficient (Wildman–Crippen LogP) is 7.06. The second-order valence-corrected chi connectivity index (χ2v) is 10.7. The molecule has 3 N–H and O–H groups in total. The van der Waals surface area contributed by atoms with Crippen molar-refractivity contribution in [1.29, 1.82) is 0 Å². The molecule has 0 saturated heterocycles. The van der Waals surface area contributed by atoms with Gasteiger partial charge in [0.2, 0.25) is 0 Å². The van der Waals surface area contributed by atoms with E-state index in [4.69, 9.17) is 0 Å². The lowest BCUT2D eigenvalue weighted by molar-refractivity contribution is -0.671. The number of hydrogen-bond acceptors (Lipinski definition) is 8. The van der Waals surface area contributed by atoms with Crippen molar-refractivity contribution in [1.82, 2.24) is 0 Å². The number of H-pyrrole nitrogens is 1. The van der Waals surface area contributed by atoms with E-state index in [0.29, 0.717) is 0 Å². The Kier molecular flexibility index (Phi) is 10.5. The number of pyridine rings is 2. The third kappa shape index (κ3) is 9.66. The average molecular weight is 531 g/mol. The second kappa shape index (κ2) is 14.7. The molecule has 188 valence electrons. The van der Waals surface area contributed by atoms with Crippen LogP contribution in [0.3, 0.4) is 0 Å². The Morgan fingerprint density at radius 1 is 0.595 bits per heavy atom. The van der Waals surface area contributed by atoms with Crippen LogP contribution in [-0.2, 0) is 7.05 Å². The average Bonchev–Trinajstić information content (AvgIpc) is 2.95. The monoisotopic (exact) mass is 530 g/mol. The first-order valence-corrected chi connectivity index (χ1v) is 14.4. The molecular formula is C27H30N8S2+2. The number of nitrogens with one attached hydrogen (secondary N) is 3. The fourth-order valence-electron chi connectivity index (χ4n) is 3.12. The molecule has 2 aromatic heterocycles. The minimum Gasteiger partial charge on any atom is -0.384 e. The van der Waals surface area contributed by atoms with Gasteiger partial charge >= 0.3 is 0 Å². The van der Waals surface area contributed by atoms with Gasteiger partial charge < -0.3 is 10.6 Å². The van der Waals surface area contributed by atoms with Crippen LogP contribution in [0, 0.1) is 0 Å². The summed E-state index contributed by atoms with van der Waals surface area (Å²) < 4.78 is 1.97. The van der Waals surface area contributed by atoms with Crippen LogP contribution in [0.25, 0.3) is 0 Å². The Morgan fingerprint density at radius 3 is 1.46 bits per heavy atom. The van der Waals surface area contributed by atoms with Gasteiger partial charge in [0.25, 0.3) is 0 Å². The van der Waals surface area contributed by atoms with E-state index in [1.54, 1.807) is 0 Å². The maximum atomic E-state index is 4.30. The Hall–Kier alpha value is -3.76. The third-order valence-corrected chi connectivity index (χ3v) is 7.48. The molecule has 37 heavy (non-hydrogen) atoms. The minimum absolute atomic E-state index is 0.819. The lowest BCUT2D eigenvalue weighted by Crippen LogP contribution is -2.25. The van der Waals surface area contributed by atoms with Crippen molar-refractivity contribution in [3.05, 3.63) is 97.6 Å². The van der Waals surface area contributed by atoms with Gasteiger partial charge in [0.15, 0.2) is 24.8 Å². The van der Waals surface area contributed by atoms with Gasteiger partial charge in [-0.1, -0.05) is 21.6 Å². The maximum Gasteiger partial charge on any atom is 0.170 e. The summed E-state index contributed by atoms with van der Waals surface area (Å²) in [5.41, 5.74) is 5.49. The van der Waals surface area contributed by atoms with E-state index >= 15 is 0 Å². The lowest BCUT2D eigenvalue weighted by Gasteiger charge is -2.07. The molecule has 2 heterocycles. The lowest BCUT2D eigenvalue weighted by atomic mass is 10.3. The zero-order chi connectivity index (χ0) is 25.5. The molecule has 0 saturated carbocycles. The van der Waals surface area contributed by atoms with E-state index < -0.39 is 0 Å². The molecule has 4 aromatic rings. The first-order valence-electron chi connectivity index (χ1n) is 11.9. The summed E-state index contributed by atoms with van der Waals surface area (Å²) >= 11 is 0. The summed E-state index contributed by atoms with van der Waals surface area (Å²) in [7, 11) is 5.72. The largest absolute Gasteiger partial charge is 0.384 e. The fourth-order valence-corrected chi connectivity index (χ4v) is 4.93. The number of aryl methyl sites for hydroxylation is 1. The number of nitrogens with zero attached hydrogens (tertiary/aromatic N) is 5. The highest BCUT2D eigenvalue weighted by Crippen LogP contribution is 2.23. The van der Waals surface area contributed by atoms with Crippen molar-refractivity contribution < 1.29 is 9.55 Å². The summed E-state index contributed by atoms with van der Waals surface area (Å²) in [5, 5.41) is 24.0. The third-order valence-electron chi connectivity index (χ3n) is 5.07. The summed E-state index contributed by atoms with van der Waals surface area (Å²) in [6, 6.07) is 23.6. The number of azo groups is 2. The van der Waals surface area contributed by atoms with Crippen LogP contribution in [0.15, 0.2) is 118 Å². The van der Waals surface area contributed by atoms with E-state index in [9.17, 15) is 0 Å². The number of aromatic amines is 1. The minimum atomic E-state index is 0.819.